The van der Waals surface area contributed by atoms with Crippen molar-refractivity contribution in [3.8, 4) is 22.8 Å². The second-order valence-electron chi connectivity index (χ2n) is 5.25. The van der Waals surface area contributed by atoms with E-state index in [1.54, 1.807) is 0 Å². The SMILES string of the molecule is O=S(=O)(F)Oc1ccc(OCc2c(F)cc(-c3cnccn3)cc2F)cc1. The highest BCUT2D eigenvalue weighted by Crippen LogP contribution is 2.25. The largest absolute Gasteiger partial charge is 0.489 e. The molecule has 6 nitrogen and oxygen atoms in total. The molecule has 0 unspecified atom stereocenters. The Morgan fingerprint density at radius 1 is 0.963 bits per heavy atom. The van der Waals surface area contributed by atoms with Crippen molar-refractivity contribution in [1.82, 2.24) is 9.97 Å². The highest BCUT2D eigenvalue weighted by Gasteiger charge is 2.14. The molecule has 1 heterocycles. The van der Waals surface area contributed by atoms with Gasteiger partial charge in [0.15, 0.2) is 0 Å². The van der Waals surface area contributed by atoms with Crippen molar-refractivity contribution >= 4 is 10.5 Å². The lowest BCUT2D eigenvalue weighted by molar-refractivity contribution is 0.292. The number of hydrogen-bond donors (Lipinski definition) is 0. The molecule has 0 saturated heterocycles. The van der Waals surface area contributed by atoms with E-state index in [1.807, 2.05) is 0 Å². The van der Waals surface area contributed by atoms with Crippen molar-refractivity contribution in [1.29, 1.82) is 0 Å². The van der Waals surface area contributed by atoms with Crippen molar-refractivity contribution in [3.05, 3.63) is 72.2 Å². The minimum Gasteiger partial charge on any atom is -0.489 e. The van der Waals surface area contributed by atoms with Crippen molar-refractivity contribution < 1.29 is 30.0 Å². The standard InChI is InChI=1S/C17H11F3N2O4S/c18-15-7-11(17-9-21-5-6-22-17)8-16(19)14(15)10-25-12-1-3-13(4-2-12)26-27(20,23)24/h1-9H,10H2. The minimum absolute atomic E-state index is 0.176. The molecular formula is C17H11F3N2O4S. The Kier molecular flexibility index (Phi) is 5.26. The summed E-state index contributed by atoms with van der Waals surface area (Å²) in [7, 11) is -5.13. The van der Waals surface area contributed by atoms with Crippen LogP contribution in [0.4, 0.5) is 12.7 Å². The molecule has 3 aromatic rings. The van der Waals surface area contributed by atoms with E-state index in [-0.39, 0.29) is 22.6 Å². The summed E-state index contributed by atoms with van der Waals surface area (Å²) in [5.41, 5.74) is 0.256. The van der Waals surface area contributed by atoms with Crippen molar-refractivity contribution in [2.45, 2.75) is 6.61 Å². The Morgan fingerprint density at radius 2 is 1.59 bits per heavy atom. The number of aromatic nitrogens is 2. The lowest BCUT2D eigenvalue weighted by atomic mass is 10.1. The van der Waals surface area contributed by atoms with Crippen LogP contribution in [0, 0.1) is 11.6 Å². The van der Waals surface area contributed by atoms with Gasteiger partial charge in [-0.15, -0.1) is 0 Å². The van der Waals surface area contributed by atoms with Crippen LogP contribution in [0.15, 0.2) is 55.0 Å². The van der Waals surface area contributed by atoms with Crippen LogP contribution in [0.5, 0.6) is 11.5 Å². The smallest absolute Gasteiger partial charge is 0.488 e. The van der Waals surface area contributed by atoms with Gasteiger partial charge in [-0.25, -0.2) is 8.78 Å². The Morgan fingerprint density at radius 3 is 2.15 bits per heavy atom. The van der Waals surface area contributed by atoms with Crippen molar-refractivity contribution in [3.63, 3.8) is 0 Å². The van der Waals surface area contributed by atoms with E-state index in [4.69, 9.17) is 4.74 Å². The van der Waals surface area contributed by atoms with Gasteiger partial charge < -0.3 is 8.92 Å². The number of hydrogen-bond acceptors (Lipinski definition) is 6. The van der Waals surface area contributed by atoms with Gasteiger partial charge in [0.1, 0.15) is 29.7 Å². The Balaban J connectivity index is 1.73. The van der Waals surface area contributed by atoms with E-state index in [2.05, 4.69) is 14.2 Å². The van der Waals surface area contributed by atoms with Gasteiger partial charge in [0.25, 0.3) is 0 Å². The molecule has 2 aromatic carbocycles. The molecule has 0 amide bonds. The first-order chi connectivity index (χ1) is 12.8. The molecule has 0 spiro atoms. The zero-order chi connectivity index (χ0) is 19.4. The molecule has 0 aliphatic rings. The average Bonchev–Trinajstić information content (AvgIpc) is 2.62. The summed E-state index contributed by atoms with van der Waals surface area (Å²) in [5.74, 6) is -1.73. The molecule has 0 aliphatic heterocycles. The van der Waals surface area contributed by atoms with Crippen LogP contribution in [0.1, 0.15) is 5.56 Å². The Labute approximate surface area is 152 Å². The lowest BCUT2D eigenvalue weighted by Crippen LogP contribution is -2.03. The third kappa shape index (κ3) is 4.94. The van der Waals surface area contributed by atoms with Gasteiger partial charge in [-0.3, -0.25) is 9.97 Å². The van der Waals surface area contributed by atoms with Gasteiger partial charge in [0, 0.05) is 18.0 Å². The zero-order valence-electron chi connectivity index (χ0n) is 13.5. The second kappa shape index (κ2) is 7.62. The van der Waals surface area contributed by atoms with Crippen LogP contribution < -0.4 is 8.92 Å². The molecule has 0 N–H and O–H groups in total. The molecule has 0 radical (unpaired) electrons. The van der Waals surface area contributed by atoms with Crippen molar-refractivity contribution in [2.75, 3.05) is 0 Å². The second-order valence-corrected chi connectivity index (χ2v) is 6.20. The van der Waals surface area contributed by atoms with Gasteiger partial charge in [-0.2, -0.15) is 8.42 Å². The molecule has 140 valence electrons. The number of ether oxygens (including phenoxy) is 1. The summed E-state index contributed by atoms with van der Waals surface area (Å²) in [6, 6.07) is 7.05. The number of benzene rings is 2. The van der Waals surface area contributed by atoms with E-state index in [0.717, 1.165) is 24.3 Å². The number of rotatable bonds is 6. The molecule has 0 saturated carbocycles. The Bertz CT molecular complexity index is 1020. The van der Waals surface area contributed by atoms with E-state index in [1.165, 1.54) is 30.7 Å². The van der Waals surface area contributed by atoms with Crippen LogP contribution >= 0.6 is 0 Å². The number of nitrogens with zero attached hydrogens (tertiary/aromatic N) is 2. The van der Waals surface area contributed by atoms with Gasteiger partial charge in [-0.05, 0) is 36.4 Å². The molecule has 0 bridgehead atoms. The summed E-state index contributed by atoms with van der Waals surface area (Å²) in [6.45, 7) is -0.417. The predicted octanol–water partition coefficient (Wildman–Crippen LogP) is 3.59. The summed E-state index contributed by atoms with van der Waals surface area (Å²) in [5, 5.41) is 0. The maximum absolute atomic E-state index is 14.3. The average molecular weight is 396 g/mol. The first-order valence-corrected chi connectivity index (χ1v) is 8.74. The van der Waals surface area contributed by atoms with Crippen LogP contribution in [-0.2, 0) is 17.1 Å². The highest BCUT2D eigenvalue weighted by molar-refractivity contribution is 7.81. The summed E-state index contributed by atoms with van der Waals surface area (Å²) in [4.78, 5) is 7.82. The predicted molar refractivity (Wildman–Crippen MR) is 88.8 cm³/mol. The fraction of sp³-hybridized carbons (Fsp3) is 0.0588. The topological polar surface area (TPSA) is 78.4 Å². The van der Waals surface area contributed by atoms with Gasteiger partial charge >= 0.3 is 10.5 Å². The third-order valence-corrected chi connectivity index (χ3v) is 3.79. The van der Waals surface area contributed by atoms with Crippen LogP contribution in [0.2, 0.25) is 0 Å². The van der Waals surface area contributed by atoms with E-state index >= 15 is 0 Å². The maximum Gasteiger partial charge on any atom is 0.488 e. The summed E-state index contributed by atoms with van der Waals surface area (Å²) >= 11 is 0. The zero-order valence-corrected chi connectivity index (χ0v) is 14.3. The van der Waals surface area contributed by atoms with E-state index in [0.29, 0.717) is 5.69 Å². The maximum atomic E-state index is 14.3. The van der Waals surface area contributed by atoms with Gasteiger partial charge in [0.05, 0.1) is 17.5 Å². The lowest BCUT2D eigenvalue weighted by Gasteiger charge is -2.10. The molecule has 0 atom stereocenters. The van der Waals surface area contributed by atoms with Crippen LogP contribution in [0.3, 0.4) is 0 Å². The molecule has 3 rings (SSSR count). The van der Waals surface area contributed by atoms with Crippen LogP contribution in [-0.4, -0.2) is 18.4 Å². The van der Waals surface area contributed by atoms with E-state index < -0.39 is 28.7 Å². The molecular weight excluding hydrogens is 385 g/mol. The molecule has 1 aromatic heterocycles. The van der Waals surface area contributed by atoms with Gasteiger partial charge in [0.2, 0.25) is 0 Å². The molecule has 10 heteroatoms. The summed E-state index contributed by atoms with van der Waals surface area (Å²) in [6.07, 6.45) is 4.23. The Hall–Kier alpha value is -3.14. The highest BCUT2D eigenvalue weighted by atomic mass is 32.3. The quantitative estimate of drug-likeness (QED) is 0.593. The fourth-order valence-corrected chi connectivity index (χ4v) is 2.54. The third-order valence-electron chi connectivity index (χ3n) is 3.40. The monoisotopic (exact) mass is 396 g/mol. The minimum atomic E-state index is -5.13. The molecule has 27 heavy (non-hydrogen) atoms. The van der Waals surface area contributed by atoms with E-state index in [9.17, 15) is 21.1 Å². The summed E-state index contributed by atoms with van der Waals surface area (Å²) < 4.78 is 71.0. The normalized spacial score (nSPS) is 11.2. The fourth-order valence-electron chi connectivity index (χ4n) is 2.20. The first-order valence-electron chi connectivity index (χ1n) is 7.43. The van der Waals surface area contributed by atoms with Gasteiger partial charge in [-0.1, -0.05) is 3.89 Å². The molecule has 0 fully saturated rings. The first kappa shape index (κ1) is 18.6. The van der Waals surface area contributed by atoms with Crippen LogP contribution in [0.25, 0.3) is 11.3 Å². The molecule has 0 aliphatic carbocycles. The van der Waals surface area contributed by atoms with Crippen molar-refractivity contribution in [2.24, 2.45) is 0 Å². The number of halogens is 3.